The Morgan fingerprint density at radius 3 is 2.58 bits per heavy atom. The number of hydrogen-bond acceptors (Lipinski definition) is 7. The lowest BCUT2D eigenvalue weighted by Crippen LogP contribution is -2.37. The summed E-state index contributed by atoms with van der Waals surface area (Å²) in [5.74, 6) is 0.0837. The molecule has 0 radical (unpaired) electrons. The van der Waals surface area contributed by atoms with Gasteiger partial charge in [-0.1, -0.05) is 61.9 Å². The topological polar surface area (TPSA) is 119 Å². The van der Waals surface area contributed by atoms with Crippen molar-refractivity contribution < 1.29 is 17.9 Å². The lowest BCUT2D eigenvalue weighted by molar-refractivity contribution is -0.124. The highest BCUT2D eigenvalue weighted by Gasteiger charge is 2.41. The number of nitrogens with one attached hydrogen (secondary N) is 1. The number of anilines is 1. The quantitative estimate of drug-likeness (QED) is 0.177. The second kappa shape index (κ2) is 13.6. The van der Waals surface area contributed by atoms with E-state index in [1.807, 2.05) is 82.6 Å². The molecule has 50 heavy (non-hydrogen) atoms. The number of nitrogens with zero attached hydrogens (tertiary/aromatic N) is 5. The van der Waals surface area contributed by atoms with E-state index < -0.39 is 21.4 Å². The maximum atomic E-state index is 14.3. The van der Waals surface area contributed by atoms with E-state index in [9.17, 15) is 13.2 Å². The lowest BCUT2D eigenvalue weighted by atomic mass is 9.69. The molecule has 262 valence electrons. The van der Waals surface area contributed by atoms with Crippen molar-refractivity contribution in [3.63, 3.8) is 0 Å². The van der Waals surface area contributed by atoms with Crippen molar-refractivity contribution in [1.29, 1.82) is 0 Å². The summed E-state index contributed by atoms with van der Waals surface area (Å²) in [4.78, 5) is 18.8. The molecule has 6 rings (SSSR count). The Kier molecular flexibility index (Phi) is 9.58. The summed E-state index contributed by atoms with van der Waals surface area (Å²) in [6, 6.07) is 17.3. The minimum absolute atomic E-state index is 0.137. The van der Waals surface area contributed by atoms with Gasteiger partial charge in [-0.25, -0.2) is 13.1 Å². The maximum Gasteiger partial charge on any atom is 0.243 e. The number of rotatable bonds is 9. The van der Waals surface area contributed by atoms with Gasteiger partial charge in [0.15, 0.2) is 0 Å². The molecule has 3 aromatic carbocycles. The van der Waals surface area contributed by atoms with Crippen LogP contribution >= 0.6 is 0 Å². The van der Waals surface area contributed by atoms with Crippen LogP contribution in [0.25, 0.3) is 11.0 Å². The van der Waals surface area contributed by atoms with E-state index >= 15 is 0 Å². The number of ether oxygens (including phenoxy) is 1. The number of carbonyl (C=O) groups is 1. The van der Waals surface area contributed by atoms with Gasteiger partial charge in [-0.3, -0.25) is 9.78 Å². The molecule has 3 heterocycles. The Balaban J connectivity index is 1.49. The van der Waals surface area contributed by atoms with Gasteiger partial charge in [-0.2, -0.15) is 4.31 Å². The number of fused-ring (bicyclic) bond motifs is 2. The first-order chi connectivity index (χ1) is 23.8. The number of hydrogen-bond donors (Lipinski definition) is 1. The molecule has 1 N–H and O–H groups in total. The van der Waals surface area contributed by atoms with Crippen molar-refractivity contribution in [3.05, 3.63) is 106 Å². The van der Waals surface area contributed by atoms with Crippen LogP contribution in [0.2, 0.25) is 0 Å². The molecule has 2 aromatic heterocycles. The summed E-state index contributed by atoms with van der Waals surface area (Å²) in [6.07, 6.45) is 3.98. The molecule has 1 aliphatic heterocycles. The predicted molar refractivity (Wildman–Crippen MR) is 196 cm³/mol. The monoisotopic (exact) mass is 694 g/mol. The molecule has 0 saturated carbocycles. The van der Waals surface area contributed by atoms with Gasteiger partial charge in [-0.05, 0) is 97.7 Å². The van der Waals surface area contributed by atoms with Crippen molar-refractivity contribution in [2.45, 2.75) is 78.8 Å². The summed E-state index contributed by atoms with van der Waals surface area (Å²) < 4.78 is 37.7. The van der Waals surface area contributed by atoms with Crippen LogP contribution in [0.3, 0.4) is 0 Å². The third kappa shape index (κ3) is 6.40. The molecule has 10 nitrogen and oxygen atoms in total. The lowest BCUT2D eigenvalue weighted by Gasteiger charge is -2.35. The number of carbonyl (C=O) groups excluding carboxylic acids is 1. The average molecular weight is 695 g/mol. The second-order valence-corrected chi connectivity index (χ2v) is 16.1. The first-order valence-electron chi connectivity index (χ1n) is 17.1. The molecule has 11 heteroatoms. The number of pyridine rings is 1. The molecule has 1 aliphatic rings. The summed E-state index contributed by atoms with van der Waals surface area (Å²) in [7, 11) is -2.13. The first kappa shape index (κ1) is 35.2. The fourth-order valence-corrected chi connectivity index (χ4v) is 9.06. The average Bonchev–Trinajstić information content (AvgIpc) is 3.48. The van der Waals surface area contributed by atoms with Crippen molar-refractivity contribution in [1.82, 2.24) is 24.3 Å². The molecule has 0 fully saturated rings. The van der Waals surface area contributed by atoms with Gasteiger partial charge in [0.2, 0.25) is 15.9 Å². The van der Waals surface area contributed by atoms with E-state index in [-0.39, 0.29) is 18.4 Å². The Hall–Kier alpha value is -4.61. The van der Waals surface area contributed by atoms with Crippen LogP contribution in [0.15, 0.2) is 71.9 Å². The standard InChI is InChI=1S/C39H46N6O4S/c1-9-45-37-33(49-8)20-32(27(5)36(37)42-43-45)35(39(6,7)38(46)41-31-11-10-16-40-21-31)28-14-13-26(4)30(19-28)23-44-22-25(3)18-29-17-24(2)12-15-34(29)50(44,47)48/h10-17,19-21,25,35H,9,18,22-23H2,1-8H3,(H,41,46)/t25-,35-/m0/s1. The van der Waals surface area contributed by atoms with Gasteiger partial charge >= 0.3 is 0 Å². The van der Waals surface area contributed by atoms with Crippen LogP contribution in [0.4, 0.5) is 5.69 Å². The number of methoxy groups -OCH3 is 1. The van der Waals surface area contributed by atoms with Crippen LogP contribution < -0.4 is 10.1 Å². The van der Waals surface area contributed by atoms with E-state index in [4.69, 9.17) is 4.74 Å². The number of aryl methyl sites for hydroxylation is 4. The van der Waals surface area contributed by atoms with Gasteiger partial charge in [-0.15, -0.1) is 5.10 Å². The zero-order chi connectivity index (χ0) is 36.0. The normalized spacial score (nSPS) is 16.8. The highest BCUT2D eigenvalue weighted by molar-refractivity contribution is 7.89. The minimum Gasteiger partial charge on any atom is -0.494 e. The van der Waals surface area contributed by atoms with Gasteiger partial charge in [0.1, 0.15) is 16.8 Å². The first-order valence-corrected chi connectivity index (χ1v) is 18.5. The van der Waals surface area contributed by atoms with Gasteiger partial charge in [0, 0.05) is 31.7 Å². The Morgan fingerprint density at radius 2 is 1.88 bits per heavy atom. The largest absolute Gasteiger partial charge is 0.494 e. The Bertz CT molecular complexity index is 2180. The number of amides is 1. The van der Waals surface area contributed by atoms with E-state index in [0.717, 1.165) is 44.5 Å². The van der Waals surface area contributed by atoms with Crippen molar-refractivity contribution in [3.8, 4) is 5.75 Å². The smallest absolute Gasteiger partial charge is 0.243 e. The number of benzene rings is 3. The molecule has 0 spiro atoms. The molecule has 5 aromatic rings. The van der Waals surface area contributed by atoms with E-state index in [2.05, 4.69) is 33.6 Å². The van der Waals surface area contributed by atoms with E-state index in [1.165, 1.54) is 0 Å². The van der Waals surface area contributed by atoms with Crippen LogP contribution in [0, 0.1) is 32.1 Å². The van der Waals surface area contributed by atoms with E-state index in [0.29, 0.717) is 41.4 Å². The Labute approximate surface area is 294 Å². The van der Waals surface area contributed by atoms with E-state index in [1.54, 1.807) is 35.9 Å². The Morgan fingerprint density at radius 1 is 1.10 bits per heavy atom. The molecule has 2 atom stereocenters. The fraction of sp³-hybridized carbons (Fsp3) is 0.385. The van der Waals surface area contributed by atoms with Crippen molar-refractivity contribution in [2.24, 2.45) is 11.3 Å². The molecule has 0 aliphatic carbocycles. The number of aromatic nitrogens is 4. The fourth-order valence-electron chi connectivity index (χ4n) is 7.31. The second-order valence-electron chi connectivity index (χ2n) is 14.1. The van der Waals surface area contributed by atoms with Crippen molar-refractivity contribution >= 4 is 32.7 Å². The summed E-state index contributed by atoms with van der Waals surface area (Å²) >= 11 is 0. The van der Waals surface area contributed by atoms with Crippen LogP contribution in [-0.2, 0) is 34.3 Å². The SMILES string of the molecule is CCn1nnc2c(C)c([C@H](c3ccc(C)c(CN4C[C@@H](C)Cc5cc(C)ccc5S4(=O)=O)c3)C(C)(C)C(=O)Nc3cccnc3)cc(OC)c21. The molecular weight excluding hydrogens is 649 g/mol. The summed E-state index contributed by atoms with van der Waals surface area (Å²) in [6.45, 7) is 15.2. The third-order valence-corrected chi connectivity index (χ3v) is 12.0. The summed E-state index contributed by atoms with van der Waals surface area (Å²) in [5.41, 5.74) is 7.51. The highest BCUT2D eigenvalue weighted by Crippen LogP contribution is 2.46. The number of sulfonamides is 1. The third-order valence-electron chi connectivity index (χ3n) is 10.1. The van der Waals surface area contributed by atoms with Crippen LogP contribution in [0.1, 0.15) is 72.6 Å². The molecular formula is C39H46N6O4S. The van der Waals surface area contributed by atoms with Crippen molar-refractivity contribution in [2.75, 3.05) is 19.0 Å². The van der Waals surface area contributed by atoms with Gasteiger partial charge < -0.3 is 10.1 Å². The molecule has 0 unspecified atom stereocenters. The summed E-state index contributed by atoms with van der Waals surface area (Å²) in [5, 5.41) is 12.0. The van der Waals surface area contributed by atoms with Gasteiger partial charge in [0.25, 0.3) is 0 Å². The predicted octanol–water partition coefficient (Wildman–Crippen LogP) is 6.96. The minimum atomic E-state index is -3.76. The zero-order valence-electron chi connectivity index (χ0n) is 30.1. The van der Waals surface area contributed by atoms with Gasteiger partial charge in [0.05, 0.1) is 29.3 Å². The van der Waals surface area contributed by atoms with Crippen LogP contribution in [-0.4, -0.2) is 52.3 Å². The highest BCUT2D eigenvalue weighted by atomic mass is 32.2. The maximum absolute atomic E-state index is 14.3. The molecule has 0 bridgehead atoms. The molecule has 1 amide bonds. The molecule has 0 saturated heterocycles. The van der Waals surface area contributed by atoms with Crippen LogP contribution in [0.5, 0.6) is 5.75 Å². The zero-order valence-corrected chi connectivity index (χ0v) is 30.9.